The molecule has 0 atom stereocenters. The van der Waals surface area contributed by atoms with E-state index in [1.54, 1.807) is 12.1 Å². The van der Waals surface area contributed by atoms with Crippen molar-refractivity contribution in [1.82, 2.24) is 15.1 Å². The summed E-state index contributed by atoms with van der Waals surface area (Å²) in [6, 6.07) is 9.88. The first-order valence-corrected chi connectivity index (χ1v) is 8.22. The third-order valence-corrected chi connectivity index (χ3v) is 4.02. The lowest BCUT2D eigenvalue weighted by Gasteiger charge is -2.10. The van der Waals surface area contributed by atoms with Crippen LogP contribution in [0, 0.1) is 11.6 Å². The molecular weight excluding hydrogens is 340 g/mol. The van der Waals surface area contributed by atoms with Crippen molar-refractivity contribution in [3.8, 4) is 0 Å². The Balaban J connectivity index is 1.83. The van der Waals surface area contributed by atoms with Gasteiger partial charge < -0.3 is 5.32 Å². The molecular formula is C19H17F2N3O2. The molecule has 0 aliphatic rings. The second-order valence-corrected chi connectivity index (χ2v) is 5.79. The van der Waals surface area contributed by atoms with Crippen molar-refractivity contribution in [1.29, 1.82) is 0 Å². The van der Waals surface area contributed by atoms with Crippen LogP contribution in [0.15, 0.2) is 47.3 Å². The smallest absolute Gasteiger partial charge is 0.275 e. The third kappa shape index (κ3) is 3.61. The van der Waals surface area contributed by atoms with E-state index in [-0.39, 0.29) is 23.4 Å². The normalized spacial score (nSPS) is 10.9. The van der Waals surface area contributed by atoms with E-state index < -0.39 is 17.2 Å². The Morgan fingerprint density at radius 2 is 1.92 bits per heavy atom. The van der Waals surface area contributed by atoms with E-state index in [2.05, 4.69) is 10.4 Å². The van der Waals surface area contributed by atoms with Crippen molar-refractivity contribution < 1.29 is 13.6 Å². The zero-order chi connectivity index (χ0) is 18.7. The first-order chi connectivity index (χ1) is 12.5. The minimum atomic E-state index is -0.639. The molecule has 1 amide bonds. The number of benzene rings is 2. The predicted molar refractivity (Wildman–Crippen MR) is 94.1 cm³/mol. The Hall–Kier alpha value is -3.09. The van der Waals surface area contributed by atoms with Gasteiger partial charge >= 0.3 is 0 Å². The highest BCUT2D eigenvalue weighted by atomic mass is 19.1. The molecule has 2 aromatic carbocycles. The summed E-state index contributed by atoms with van der Waals surface area (Å²) in [7, 11) is 0. The first-order valence-electron chi connectivity index (χ1n) is 8.22. The maximum atomic E-state index is 13.5. The van der Waals surface area contributed by atoms with Gasteiger partial charge in [0.25, 0.3) is 5.91 Å². The van der Waals surface area contributed by atoms with Crippen LogP contribution >= 0.6 is 0 Å². The molecule has 1 aromatic heterocycles. The Kier molecular flexibility index (Phi) is 5.06. The summed E-state index contributed by atoms with van der Waals surface area (Å²) in [5.41, 5.74) is 0.289. The van der Waals surface area contributed by atoms with Crippen LogP contribution in [-0.4, -0.2) is 22.2 Å². The number of aryl methyl sites for hydroxylation is 1. The zero-order valence-corrected chi connectivity index (χ0v) is 14.1. The summed E-state index contributed by atoms with van der Waals surface area (Å²) in [5.74, 6) is -1.54. The molecule has 0 saturated carbocycles. The maximum Gasteiger partial charge on any atom is 0.275 e. The van der Waals surface area contributed by atoms with Crippen LogP contribution in [0.1, 0.15) is 23.0 Å². The van der Waals surface area contributed by atoms with E-state index >= 15 is 0 Å². The molecule has 0 aliphatic heterocycles. The molecule has 3 rings (SSSR count). The van der Waals surface area contributed by atoms with Gasteiger partial charge in [-0.1, -0.05) is 12.1 Å². The van der Waals surface area contributed by atoms with Crippen LogP contribution in [0.2, 0.25) is 0 Å². The molecule has 0 bridgehead atoms. The maximum absolute atomic E-state index is 13.5. The van der Waals surface area contributed by atoms with Crippen LogP contribution in [-0.2, 0) is 13.0 Å². The Morgan fingerprint density at radius 1 is 1.15 bits per heavy atom. The Morgan fingerprint density at radius 3 is 2.65 bits per heavy atom. The highest BCUT2D eigenvalue weighted by Crippen LogP contribution is 2.12. The van der Waals surface area contributed by atoms with Crippen molar-refractivity contribution in [3.63, 3.8) is 0 Å². The number of carbonyl (C=O) groups is 1. The van der Waals surface area contributed by atoms with Gasteiger partial charge in [0.1, 0.15) is 11.6 Å². The molecule has 1 N–H and O–H groups in total. The monoisotopic (exact) mass is 357 g/mol. The van der Waals surface area contributed by atoms with Gasteiger partial charge in [-0.15, -0.1) is 0 Å². The molecule has 0 radical (unpaired) electrons. The van der Waals surface area contributed by atoms with E-state index in [1.165, 1.54) is 28.9 Å². The second kappa shape index (κ2) is 7.43. The van der Waals surface area contributed by atoms with Crippen molar-refractivity contribution in [2.75, 3.05) is 6.54 Å². The molecule has 0 unspecified atom stereocenters. The van der Waals surface area contributed by atoms with E-state index in [1.807, 2.05) is 6.92 Å². The van der Waals surface area contributed by atoms with Gasteiger partial charge in [-0.05, 0) is 49.2 Å². The van der Waals surface area contributed by atoms with Gasteiger partial charge in [0.2, 0.25) is 5.43 Å². The van der Waals surface area contributed by atoms with Gasteiger partial charge in [-0.3, -0.25) is 14.3 Å². The predicted octanol–water partition coefficient (Wildman–Crippen LogP) is 2.67. The van der Waals surface area contributed by atoms with E-state index in [0.717, 1.165) is 11.6 Å². The van der Waals surface area contributed by atoms with Gasteiger partial charge in [0.05, 0.1) is 10.9 Å². The molecule has 7 heteroatoms. The fourth-order valence-corrected chi connectivity index (χ4v) is 2.75. The fraction of sp³-hybridized carbons (Fsp3) is 0.211. The minimum Gasteiger partial charge on any atom is -0.350 e. The minimum absolute atomic E-state index is 0.108. The summed E-state index contributed by atoms with van der Waals surface area (Å²) < 4.78 is 28.2. The van der Waals surface area contributed by atoms with Gasteiger partial charge in [-0.2, -0.15) is 5.10 Å². The van der Waals surface area contributed by atoms with Crippen molar-refractivity contribution in [2.45, 2.75) is 19.9 Å². The zero-order valence-electron chi connectivity index (χ0n) is 14.1. The molecule has 5 nitrogen and oxygen atoms in total. The highest BCUT2D eigenvalue weighted by Gasteiger charge is 2.17. The summed E-state index contributed by atoms with van der Waals surface area (Å²) in [6.07, 6.45) is 0.410. The molecule has 0 fully saturated rings. The number of fused-ring (bicyclic) bond motifs is 1. The van der Waals surface area contributed by atoms with Crippen molar-refractivity contribution >= 4 is 16.8 Å². The first kappa shape index (κ1) is 17.7. The molecule has 0 saturated heterocycles. The molecule has 1 heterocycles. The van der Waals surface area contributed by atoms with Gasteiger partial charge in [-0.25, -0.2) is 8.78 Å². The standard InChI is InChI=1S/C19H17F2N3O2/c1-2-24-16-7-6-14(21)11-15(16)18(25)17(23-24)19(26)22-9-8-12-4-3-5-13(20)10-12/h3-7,10-11H,2,8-9H2,1H3,(H,22,26). The number of nitrogens with one attached hydrogen (secondary N) is 1. The average Bonchev–Trinajstić information content (AvgIpc) is 2.62. The summed E-state index contributed by atoms with van der Waals surface area (Å²) in [5, 5.41) is 6.81. The number of aromatic nitrogens is 2. The summed E-state index contributed by atoms with van der Waals surface area (Å²) in [4.78, 5) is 24.9. The molecule has 0 aliphatic carbocycles. The van der Waals surface area contributed by atoms with Crippen molar-refractivity contribution in [2.24, 2.45) is 0 Å². The number of hydrogen-bond acceptors (Lipinski definition) is 3. The van der Waals surface area contributed by atoms with E-state index in [4.69, 9.17) is 0 Å². The number of nitrogens with zero attached hydrogens (tertiary/aromatic N) is 2. The van der Waals surface area contributed by atoms with Gasteiger partial charge in [0, 0.05) is 13.1 Å². The lowest BCUT2D eigenvalue weighted by atomic mass is 10.1. The number of amides is 1. The van der Waals surface area contributed by atoms with Crippen LogP contribution in [0.5, 0.6) is 0 Å². The number of carbonyl (C=O) groups excluding carboxylic acids is 1. The second-order valence-electron chi connectivity index (χ2n) is 5.79. The van der Waals surface area contributed by atoms with E-state index in [9.17, 15) is 18.4 Å². The SMILES string of the molecule is CCn1nc(C(=O)NCCc2cccc(F)c2)c(=O)c2cc(F)ccc21. The highest BCUT2D eigenvalue weighted by molar-refractivity contribution is 5.95. The molecule has 134 valence electrons. The topological polar surface area (TPSA) is 64.0 Å². The Bertz CT molecular complexity index is 1030. The Labute approximate surface area is 148 Å². The summed E-state index contributed by atoms with van der Waals surface area (Å²) >= 11 is 0. The fourth-order valence-electron chi connectivity index (χ4n) is 2.75. The lowest BCUT2D eigenvalue weighted by Crippen LogP contribution is -2.33. The quantitative estimate of drug-likeness (QED) is 0.764. The van der Waals surface area contributed by atoms with Crippen LogP contribution in [0.3, 0.4) is 0 Å². The number of hydrogen-bond donors (Lipinski definition) is 1. The molecule has 26 heavy (non-hydrogen) atoms. The largest absolute Gasteiger partial charge is 0.350 e. The van der Waals surface area contributed by atoms with Gasteiger partial charge in [0.15, 0.2) is 5.69 Å². The van der Waals surface area contributed by atoms with Crippen LogP contribution in [0.25, 0.3) is 10.9 Å². The average molecular weight is 357 g/mol. The van der Waals surface area contributed by atoms with Crippen molar-refractivity contribution in [3.05, 3.63) is 75.6 Å². The molecule has 3 aromatic rings. The third-order valence-electron chi connectivity index (χ3n) is 4.02. The summed E-state index contributed by atoms with van der Waals surface area (Å²) in [6.45, 7) is 2.45. The molecule has 0 spiro atoms. The van der Waals surface area contributed by atoms with E-state index in [0.29, 0.717) is 18.5 Å². The van der Waals surface area contributed by atoms with Crippen LogP contribution < -0.4 is 10.7 Å². The number of rotatable bonds is 5. The van der Waals surface area contributed by atoms with Crippen LogP contribution in [0.4, 0.5) is 8.78 Å². The number of halogens is 2. The lowest BCUT2D eigenvalue weighted by molar-refractivity contribution is 0.0946.